The zero-order valence-electron chi connectivity index (χ0n) is 13.5. The van der Waals surface area contributed by atoms with E-state index in [0.717, 1.165) is 17.7 Å². The topological polar surface area (TPSA) is 66.9 Å². The number of hydrogen-bond acceptors (Lipinski definition) is 4. The molecule has 0 unspecified atom stereocenters. The van der Waals surface area contributed by atoms with Gasteiger partial charge in [-0.25, -0.2) is 9.78 Å². The smallest absolute Gasteiger partial charge is 0.315 e. The molecule has 1 aliphatic carbocycles. The Morgan fingerprint density at radius 1 is 1.35 bits per heavy atom. The predicted molar refractivity (Wildman–Crippen MR) is 91.4 cm³/mol. The van der Waals surface area contributed by atoms with Crippen molar-refractivity contribution in [1.29, 1.82) is 0 Å². The monoisotopic (exact) mass is 330 g/mol. The molecule has 0 aliphatic heterocycles. The third kappa shape index (κ3) is 4.07. The van der Waals surface area contributed by atoms with Gasteiger partial charge in [0, 0.05) is 23.7 Å². The fourth-order valence-electron chi connectivity index (χ4n) is 2.50. The summed E-state index contributed by atoms with van der Waals surface area (Å²) < 4.78 is 0. The molecule has 2 atom stereocenters. The molecule has 23 heavy (non-hydrogen) atoms. The average molecular weight is 330 g/mol. The first-order chi connectivity index (χ1) is 11.2. The van der Waals surface area contributed by atoms with Crippen LogP contribution in [0.5, 0.6) is 0 Å². The molecule has 1 saturated carbocycles. The van der Waals surface area contributed by atoms with Gasteiger partial charge in [-0.1, -0.05) is 6.92 Å². The number of aromatic nitrogens is 2. The largest absolute Gasteiger partial charge is 0.331 e. The van der Waals surface area contributed by atoms with Gasteiger partial charge in [-0.3, -0.25) is 4.98 Å². The number of rotatable bonds is 6. The second kappa shape index (κ2) is 7.08. The molecule has 0 spiro atoms. The molecule has 2 amide bonds. The fourth-order valence-corrected chi connectivity index (χ4v) is 3.59. The van der Waals surface area contributed by atoms with Gasteiger partial charge in [0.1, 0.15) is 0 Å². The lowest BCUT2D eigenvalue weighted by molar-refractivity contribution is 0.233. The molecular weight excluding hydrogens is 308 g/mol. The van der Waals surface area contributed by atoms with E-state index in [1.807, 2.05) is 19.1 Å². The van der Waals surface area contributed by atoms with E-state index in [4.69, 9.17) is 0 Å². The van der Waals surface area contributed by atoms with E-state index in [1.54, 1.807) is 23.7 Å². The van der Waals surface area contributed by atoms with Crippen LogP contribution in [-0.4, -0.2) is 16.0 Å². The van der Waals surface area contributed by atoms with E-state index >= 15 is 0 Å². The molecule has 0 radical (unpaired) electrons. The Morgan fingerprint density at radius 3 is 2.74 bits per heavy atom. The summed E-state index contributed by atoms with van der Waals surface area (Å²) in [4.78, 5) is 20.9. The zero-order valence-corrected chi connectivity index (χ0v) is 14.3. The van der Waals surface area contributed by atoms with Crippen LogP contribution in [0.15, 0.2) is 29.9 Å². The van der Waals surface area contributed by atoms with Crippen LogP contribution in [0.3, 0.4) is 0 Å². The first-order valence-corrected chi connectivity index (χ1v) is 8.97. The van der Waals surface area contributed by atoms with Crippen molar-refractivity contribution >= 4 is 17.4 Å². The molecule has 1 fully saturated rings. The van der Waals surface area contributed by atoms with E-state index in [-0.39, 0.29) is 18.1 Å². The van der Waals surface area contributed by atoms with Crippen LogP contribution in [-0.2, 0) is 0 Å². The standard InChI is InChI=1S/C17H22N4OS/c1-3-14(12-6-8-18-9-7-12)21-17(22)19-11(2)15-10-23-16(20-15)13-4-5-13/h6-11,13-14H,3-5H2,1-2H3,(H2,19,21,22)/t11-,14+/m1/s1. The molecule has 0 saturated heterocycles. The number of nitrogens with zero attached hydrogens (tertiary/aromatic N) is 2. The zero-order chi connectivity index (χ0) is 16.2. The highest BCUT2D eigenvalue weighted by molar-refractivity contribution is 7.09. The van der Waals surface area contributed by atoms with Crippen molar-refractivity contribution in [2.45, 2.75) is 51.1 Å². The van der Waals surface area contributed by atoms with Crippen molar-refractivity contribution in [1.82, 2.24) is 20.6 Å². The predicted octanol–water partition coefficient (Wildman–Crippen LogP) is 3.93. The summed E-state index contributed by atoms with van der Waals surface area (Å²) in [6.45, 7) is 4.02. The van der Waals surface area contributed by atoms with E-state index < -0.39 is 0 Å². The van der Waals surface area contributed by atoms with Gasteiger partial charge in [0.05, 0.1) is 22.8 Å². The number of pyridine rings is 1. The lowest BCUT2D eigenvalue weighted by atomic mass is 10.1. The third-order valence-electron chi connectivity index (χ3n) is 4.08. The maximum absolute atomic E-state index is 12.3. The first kappa shape index (κ1) is 15.9. The number of carbonyl (C=O) groups excluding carboxylic acids is 1. The van der Waals surface area contributed by atoms with Gasteiger partial charge in [-0.05, 0) is 43.9 Å². The van der Waals surface area contributed by atoms with Crippen molar-refractivity contribution in [2.24, 2.45) is 0 Å². The van der Waals surface area contributed by atoms with Gasteiger partial charge in [-0.2, -0.15) is 0 Å². The molecule has 5 nitrogen and oxygen atoms in total. The van der Waals surface area contributed by atoms with Crippen LogP contribution >= 0.6 is 11.3 Å². The summed E-state index contributed by atoms with van der Waals surface area (Å²) in [5.41, 5.74) is 2.01. The molecule has 6 heteroatoms. The minimum absolute atomic E-state index is 0.0114. The number of nitrogens with one attached hydrogen (secondary N) is 2. The molecule has 2 N–H and O–H groups in total. The summed E-state index contributed by atoms with van der Waals surface area (Å²) in [6, 6.07) is 3.60. The van der Waals surface area contributed by atoms with E-state index in [2.05, 4.69) is 32.9 Å². The van der Waals surface area contributed by atoms with Crippen LogP contribution < -0.4 is 10.6 Å². The number of hydrogen-bond donors (Lipinski definition) is 2. The highest BCUT2D eigenvalue weighted by atomic mass is 32.1. The summed E-state index contributed by atoms with van der Waals surface area (Å²) in [7, 11) is 0. The molecular formula is C17H22N4OS. The van der Waals surface area contributed by atoms with Gasteiger partial charge in [0.2, 0.25) is 0 Å². The quantitative estimate of drug-likeness (QED) is 0.843. The van der Waals surface area contributed by atoms with Crippen LogP contribution in [0.25, 0.3) is 0 Å². The Hall–Kier alpha value is -1.95. The summed E-state index contributed by atoms with van der Waals surface area (Å²) >= 11 is 1.70. The number of thiazole rings is 1. The van der Waals surface area contributed by atoms with Gasteiger partial charge in [0.25, 0.3) is 0 Å². The number of amides is 2. The van der Waals surface area contributed by atoms with Crippen molar-refractivity contribution in [3.05, 3.63) is 46.2 Å². The molecule has 122 valence electrons. The Bertz CT molecular complexity index is 654. The van der Waals surface area contributed by atoms with Gasteiger partial charge in [-0.15, -0.1) is 11.3 Å². The normalized spacial score (nSPS) is 16.6. The lowest BCUT2D eigenvalue weighted by Gasteiger charge is -2.19. The molecule has 0 aromatic carbocycles. The highest BCUT2D eigenvalue weighted by Gasteiger charge is 2.27. The summed E-state index contributed by atoms with van der Waals surface area (Å²) in [6.07, 6.45) is 6.82. The average Bonchev–Trinajstić information content (AvgIpc) is 3.30. The summed E-state index contributed by atoms with van der Waals surface area (Å²) in [5.74, 6) is 0.658. The van der Waals surface area contributed by atoms with Crippen LogP contribution in [0, 0.1) is 0 Å². The number of carbonyl (C=O) groups is 1. The van der Waals surface area contributed by atoms with E-state index in [0.29, 0.717) is 5.92 Å². The van der Waals surface area contributed by atoms with Gasteiger partial charge < -0.3 is 10.6 Å². The molecule has 3 rings (SSSR count). The minimum Gasteiger partial charge on any atom is -0.331 e. The molecule has 2 heterocycles. The number of urea groups is 1. The molecule has 2 aromatic rings. The maximum Gasteiger partial charge on any atom is 0.315 e. The molecule has 1 aliphatic rings. The second-order valence-electron chi connectivity index (χ2n) is 5.97. The Balaban J connectivity index is 1.56. The Morgan fingerprint density at radius 2 is 2.09 bits per heavy atom. The Labute approximate surface area is 140 Å². The molecule has 2 aromatic heterocycles. The van der Waals surface area contributed by atoms with Gasteiger partial charge >= 0.3 is 6.03 Å². The van der Waals surface area contributed by atoms with Crippen LogP contribution in [0.2, 0.25) is 0 Å². The van der Waals surface area contributed by atoms with Gasteiger partial charge in [0.15, 0.2) is 0 Å². The Kier molecular flexibility index (Phi) is 4.91. The minimum atomic E-state index is -0.165. The first-order valence-electron chi connectivity index (χ1n) is 8.09. The van der Waals surface area contributed by atoms with E-state index in [9.17, 15) is 4.79 Å². The van der Waals surface area contributed by atoms with Crippen molar-refractivity contribution < 1.29 is 4.79 Å². The van der Waals surface area contributed by atoms with E-state index in [1.165, 1.54) is 17.8 Å². The maximum atomic E-state index is 12.3. The van der Waals surface area contributed by atoms with Crippen LogP contribution in [0.4, 0.5) is 4.79 Å². The fraction of sp³-hybridized carbons (Fsp3) is 0.471. The lowest BCUT2D eigenvalue weighted by Crippen LogP contribution is -2.39. The third-order valence-corrected chi connectivity index (χ3v) is 5.11. The van der Waals surface area contributed by atoms with Crippen molar-refractivity contribution in [3.8, 4) is 0 Å². The van der Waals surface area contributed by atoms with Crippen molar-refractivity contribution in [3.63, 3.8) is 0 Å². The highest BCUT2D eigenvalue weighted by Crippen LogP contribution is 2.41. The second-order valence-corrected chi connectivity index (χ2v) is 6.86. The molecule has 0 bridgehead atoms. The SMILES string of the molecule is CC[C@H](NC(=O)N[C@H](C)c1csc(C2CC2)n1)c1ccncc1. The van der Waals surface area contributed by atoms with Crippen molar-refractivity contribution in [2.75, 3.05) is 0 Å². The summed E-state index contributed by atoms with van der Waals surface area (Å²) in [5, 5.41) is 9.27. The van der Waals surface area contributed by atoms with Crippen LogP contribution in [0.1, 0.15) is 67.4 Å².